The third-order valence-electron chi connectivity index (χ3n) is 4.62. The van der Waals surface area contributed by atoms with E-state index in [1.54, 1.807) is 11.3 Å². The van der Waals surface area contributed by atoms with E-state index >= 15 is 0 Å². The van der Waals surface area contributed by atoms with Gasteiger partial charge in [-0.1, -0.05) is 18.7 Å². The van der Waals surface area contributed by atoms with Gasteiger partial charge in [0.1, 0.15) is 5.01 Å². The normalized spacial score (nSPS) is 17.1. The number of fused-ring (bicyclic) bond motifs is 1. The second kappa shape index (κ2) is 8.15. The first kappa shape index (κ1) is 19.3. The Morgan fingerprint density at radius 3 is 3.11 bits per heavy atom. The van der Waals surface area contributed by atoms with Gasteiger partial charge in [-0.3, -0.25) is 4.79 Å². The van der Waals surface area contributed by atoms with Gasteiger partial charge in [-0.2, -0.15) is 5.26 Å². The van der Waals surface area contributed by atoms with Crippen molar-refractivity contribution in [2.75, 3.05) is 5.75 Å². The summed E-state index contributed by atoms with van der Waals surface area (Å²) in [6.45, 7) is 4.12. The molecule has 0 N–H and O–H groups in total. The predicted molar refractivity (Wildman–Crippen MR) is 110 cm³/mol. The summed E-state index contributed by atoms with van der Waals surface area (Å²) in [7, 11) is 0. The average molecular weight is 431 g/mol. The number of aromatic nitrogens is 3. The molecule has 3 aromatic rings. The van der Waals surface area contributed by atoms with Crippen LogP contribution in [0.25, 0.3) is 10.8 Å². The Balaban J connectivity index is 1.41. The number of ketones is 1. The van der Waals surface area contributed by atoms with E-state index in [4.69, 9.17) is 4.42 Å². The van der Waals surface area contributed by atoms with Crippen LogP contribution in [0, 0.1) is 24.2 Å². The summed E-state index contributed by atoms with van der Waals surface area (Å²) >= 11 is 4.21. The number of hydrogen-bond donors (Lipinski definition) is 0. The Bertz CT molecular complexity index is 1050. The van der Waals surface area contributed by atoms with Gasteiger partial charge in [-0.15, -0.1) is 32.9 Å². The fourth-order valence-electron chi connectivity index (χ4n) is 3.16. The quantitative estimate of drug-likeness (QED) is 0.525. The molecule has 0 radical (unpaired) electrons. The van der Waals surface area contributed by atoms with Gasteiger partial charge in [-0.05, 0) is 43.7 Å². The van der Waals surface area contributed by atoms with E-state index < -0.39 is 5.92 Å². The zero-order chi connectivity index (χ0) is 19.7. The summed E-state index contributed by atoms with van der Waals surface area (Å²) in [6, 6.07) is 4.20. The van der Waals surface area contributed by atoms with Crippen molar-refractivity contribution in [2.45, 2.75) is 44.3 Å². The molecular formula is C19H18N4O2S3. The number of nitrogens with zero attached hydrogens (tertiary/aromatic N) is 4. The Morgan fingerprint density at radius 1 is 1.50 bits per heavy atom. The zero-order valence-electron chi connectivity index (χ0n) is 15.5. The fourth-order valence-corrected chi connectivity index (χ4v) is 5.82. The van der Waals surface area contributed by atoms with E-state index in [0.717, 1.165) is 35.2 Å². The van der Waals surface area contributed by atoms with Gasteiger partial charge >= 0.3 is 0 Å². The highest BCUT2D eigenvalue weighted by Crippen LogP contribution is 2.37. The lowest BCUT2D eigenvalue weighted by Crippen LogP contribution is -2.13. The van der Waals surface area contributed by atoms with Gasteiger partial charge in [0.25, 0.3) is 11.1 Å². The van der Waals surface area contributed by atoms with Crippen molar-refractivity contribution in [1.29, 1.82) is 5.26 Å². The van der Waals surface area contributed by atoms with Crippen molar-refractivity contribution in [3.8, 4) is 16.8 Å². The molecule has 0 fully saturated rings. The highest BCUT2D eigenvalue weighted by atomic mass is 32.2. The lowest BCUT2D eigenvalue weighted by Gasteiger charge is -2.16. The van der Waals surface area contributed by atoms with Gasteiger partial charge in [0.15, 0.2) is 11.7 Å². The van der Waals surface area contributed by atoms with Crippen molar-refractivity contribution < 1.29 is 9.21 Å². The van der Waals surface area contributed by atoms with Crippen molar-refractivity contribution >= 4 is 40.2 Å². The van der Waals surface area contributed by atoms with Crippen molar-refractivity contribution in [2.24, 2.45) is 5.92 Å². The monoisotopic (exact) mass is 430 g/mol. The molecule has 0 saturated carbocycles. The summed E-state index contributed by atoms with van der Waals surface area (Å²) in [6.07, 6.45) is 3.43. The molecule has 144 valence electrons. The van der Waals surface area contributed by atoms with E-state index in [1.807, 2.05) is 12.3 Å². The van der Waals surface area contributed by atoms with E-state index in [-0.39, 0.29) is 11.5 Å². The van der Waals surface area contributed by atoms with Crippen LogP contribution in [0.2, 0.25) is 0 Å². The molecule has 3 aromatic heterocycles. The molecule has 3 heterocycles. The molecule has 2 atom stereocenters. The van der Waals surface area contributed by atoms with Gasteiger partial charge in [0, 0.05) is 16.0 Å². The number of carbonyl (C=O) groups excluding carboxylic acids is 1. The molecule has 0 aliphatic heterocycles. The average Bonchev–Trinajstić information content (AvgIpc) is 3.39. The number of rotatable bonds is 6. The number of Topliss-reactive ketones (excluding diaryl/α,β-unsaturated/α-hetero) is 1. The summed E-state index contributed by atoms with van der Waals surface area (Å²) in [5.41, 5.74) is 2.20. The minimum Gasteiger partial charge on any atom is -0.410 e. The Kier molecular flexibility index (Phi) is 5.62. The van der Waals surface area contributed by atoms with E-state index in [9.17, 15) is 10.1 Å². The minimum atomic E-state index is -0.848. The Labute approximate surface area is 175 Å². The van der Waals surface area contributed by atoms with Crippen LogP contribution >= 0.6 is 34.4 Å². The van der Waals surface area contributed by atoms with E-state index in [2.05, 4.69) is 34.2 Å². The third kappa shape index (κ3) is 4.04. The predicted octanol–water partition coefficient (Wildman–Crippen LogP) is 4.66. The summed E-state index contributed by atoms with van der Waals surface area (Å²) in [5, 5.41) is 20.3. The highest BCUT2D eigenvalue weighted by molar-refractivity contribution is 7.99. The molecule has 0 amide bonds. The summed E-state index contributed by atoms with van der Waals surface area (Å²) in [5.74, 6) is 0.248. The van der Waals surface area contributed by atoms with Crippen LogP contribution in [0.5, 0.6) is 0 Å². The van der Waals surface area contributed by atoms with Crippen LogP contribution < -0.4 is 0 Å². The molecule has 0 aromatic carbocycles. The second-order valence-corrected chi connectivity index (χ2v) is 9.88. The maximum absolute atomic E-state index is 12.4. The number of nitriles is 1. The van der Waals surface area contributed by atoms with Gasteiger partial charge < -0.3 is 4.42 Å². The molecule has 4 rings (SSSR count). The summed E-state index contributed by atoms with van der Waals surface area (Å²) in [4.78, 5) is 19.1. The standard InChI is InChI=1S/C19H18N4O2S3/c1-10-3-4-15-12(5-10)6-16(28-15)17-22-23-19(25-17)27-9-14(24)13(7-20)18-21-11(2)8-26-18/h6,8,10,13H,3-5,9H2,1-2H3/t10-,13+/m1/s1. The largest absolute Gasteiger partial charge is 0.410 e. The first-order chi connectivity index (χ1) is 13.5. The van der Waals surface area contributed by atoms with Crippen LogP contribution in [0.1, 0.15) is 40.4 Å². The van der Waals surface area contributed by atoms with Crippen molar-refractivity contribution in [3.63, 3.8) is 0 Å². The molecular weight excluding hydrogens is 412 g/mol. The number of thiophene rings is 1. The Hall–Kier alpha value is -2.02. The molecule has 28 heavy (non-hydrogen) atoms. The molecule has 0 spiro atoms. The maximum Gasteiger partial charge on any atom is 0.277 e. The SMILES string of the molecule is Cc1csc([C@@H](C#N)C(=O)CSc2nnc(-c3cc4c(s3)CC[C@@H](C)C4)o2)n1. The molecule has 1 aliphatic rings. The number of hydrogen-bond acceptors (Lipinski definition) is 9. The van der Waals surface area contributed by atoms with Crippen molar-refractivity contribution in [1.82, 2.24) is 15.2 Å². The number of aryl methyl sites for hydroxylation is 2. The highest BCUT2D eigenvalue weighted by Gasteiger charge is 2.25. The molecule has 0 saturated heterocycles. The topological polar surface area (TPSA) is 92.7 Å². The molecule has 0 unspecified atom stereocenters. The van der Waals surface area contributed by atoms with Crippen LogP contribution in [0.4, 0.5) is 0 Å². The first-order valence-electron chi connectivity index (χ1n) is 8.96. The van der Waals surface area contributed by atoms with Crippen LogP contribution in [-0.4, -0.2) is 26.7 Å². The van der Waals surface area contributed by atoms with E-state index in [0.29, 0.717) is 22.0 Å². The second-order valence-electron chi connectivity index (χ2n) is 6.92. The van der Waals surface area contributed by atoms with Crippen LogP contribution in [-0.2, 0) is 17.6 Å². The first-order valence-corrected chi connectivity index (χ1v) is 11.6. The van der Waals surface area contributed by atoms with Crippen LogP contribution in [0.3, 0.4) is 0 Å². The van der Waals surface area contributed by atoms with Crippen LogP contribution in [0.15, 0.2) is 21.1 Å². The lowest BCUT2D eigenvalue weighted by molar-refractivity contribution is -0.116. The fraction of sp³-hybridized carbons (Fsp3) is 0.421. The molecule has 0 bridgehead atoms. The lowest BCUT2D eigenvalue weighted by atomic mass is 9.90. The smallest absolute Gasteiger partial charge is 0.277 e. The number of thioether (sulfide) groups is 1. The van der Waals surface area contributed by atoms with Gasteiger partial charge in [0.2, 0.25) is 0 Å². The zero-order valence-corrected chi connectivity index (χ0v) is 17.9. The minimum absolute atomic E-state index is 0.0942. The third-order valence-corrected chi connectivity index (χ3v) is 7.71. The molecule has 6 nitrogen and oxygen atoms in total. The van der Waals surface area contributed by atoms with Crippen molar-refractivity contribution in [3.05, 3.63) is 32.6 Å². The Morgan fingerprint density at radius 2 is 2.36 bits per heavy atom. The maximum atomic E-state index is 12.4. The number of carbonyl (C=O) groups is 1. The van der Waals surface area contributed by atoms with Gasteiger partial charge in [0.05, 0.1) is 16.7 Å². The summed E-state index contributed by atoms with van der Waals surface area (Å²) < 4.78 is 5.75. The van der Waals surface area contributed by atoms with Gasteiger partial charge in [-0.25, -0.2) is 4.98 Å². The molecule has 9 heteroatoms. The number of thiazole rings is 1. The molecule has 1 aliphatic carbocycles. The van der Waals surface area contributed by atoms with E-state index in [1.165, 1.54) is 28.2 Å².